The normalized spacial score (nSPS) is 33.5. The van der Waals surface area contributed by atoms with Crippen molar-refractivity contribution in [2.75, 3.05) is 13.7 Å². The SMILES string of the molecule is [B][C@H]1CC(OP(=O)(O)O)[C@@H](COC)O1. The van der Waals surface area contributed by atoms with Crippen LogP contribution >= 0.6 is 7.82 Å². The lowest BCUT2D eigenvalue weighted by Gasteiger charge is -2.18. The highest BCUT2D eigenvalue weighted by molar-refractivity contribution is 7.46. The molecule has 2 N–H and O–H groups in total. The smallest absolute Gasteiger partial charge is 0.382 e. The summed E-state index contributed by atoms with van der Waals surface area (Å²) in [5.41, 5.74) is 0. The Balaban J connectivity index is 2.53. The molecule has 1 rings (SSSR count). The lowest BCUT2D eigenvalue weighted by molar-refractivity contribution is -0.0170. The number of phosphoric acid groups is 1. The molecule has 0 bridgehead atoms. The molecule has 1 unspecified atom stereocenters. The highest BCUT2D eigenvalue weighted by atomic mass is 31.2. The molecule has 80 valence electrons. The van der Waals surface area contributed by atoms with E-state index in [1.165, 1.54) is 7.11 Å². The quantitative estimate of drug-likeness (QED) is 0.487. The maximum atomic E-state index is 10.6. The summed E-state index contributed by atoms with van der Waals surface area (Å²) in [6, 6.07) is -0.563. The maximum Gasteiger partial charge on any atom is 0.469 e. The molecule has 1 aliphatic rings. The molecular weight excluding hydrogens is 210 g/mol. The van der Waals surface area contributed by atoms with Gasteiger partial charge in [-0.15, -0.1) is 0 Å². The summed E-state index contributed by atoms with van der Waals surface area (Å²) in [7, 11) is 2.42. The summed E-state index contributed by atoms with van der Waals surface area (Å²) in [4.78, 5) is 17.2. The molecule has 2 radical (unpaired) electrons. The Kier molecular flexibility index (Phi) is 4.12. The summed E-state index contributed by atoms with van der Waals surface area (Å²) in [5, 5.41) is 0. The van der Waals surface area contributed by atoms with E-state index in [0.717, 1.165) is 0 Å². The van der Waals surface area contributed by atoms with Gasteiger partial charge in [-0.2, -0.15) is 0 Å². The van der Waals surface area contributed by atoms with Crippen LogP contribution in [0.15, 0.2) is 0 Å². The van der Waals surface area contributed by atoms with Gasteiger partial charge in [0.25, 0.3) is 0 Å². The summed E-state index contributed by atoms with van der Waals surface area (Å²) in [6.07, 6.45) is -0.993. The van der Waals surface area contributed by atoms with Gasteiger partial charge in [0.15, 0.2) is 0 Å². The van der Waals surface area contributed by atoms with Crippen molar-refractivity contribution in [1.82, 2.24) is 0 Å². The molecule has 1 heterocycles. The summed E-state index contributed by atoms with van der Waals surface area (Å²) in [5.74, 6) is 0. The van der Waals surface area contributed by atoms with E-state index >= 15 is 0 Å². The van der Waals surface area contributed by atoms with Gasteiger partial charge in [0.2, 0.25) is 0 Å². The van der Waals surface area contributed by atoms with E-state index in [4.69, 9.17) is 27.1 Å². The number of rotatable bonds is 4. The van der Waals surface area contributed by atoms with E-state index in [1.807, 2.05) is 0 Å². The third-order valence-corrected chi connectivity index (χ3v) is 2.38. The number of methoxy groups -OCH3 is 1. The summed E-state index contributed by atoms with van der Waals surface area (Å²) in [6.45, 7) is 0.193. The molecule has 8 heteroatoms. The van der Waals surface area contributed by atoms with Gasteiger partial charge in [0.05, 0.1) is 12.7 Å². The number of hydrogen-bond acceptors (Lipinski definition) is 4. The van der Waals surface area contributed by atoms with Crippen LogP contribution in [-0.4, -0.2) is 49.6 Å². The highest BCUT2D eigenvalue weighted by Gasteiger charge is 2.37. The molecule has 1 fully saturated rings. The Morgan fingerprint density at radius 3 is 2.79 bits per heavy atom. The first kappa shape index (κ1) is 12.2. The molecule has 0 aromatic rings. The predicted octanol–water partition coefficient (Wildman–Crippen LogP) is -0.606. The van der Waals surface area contributed by atoms with E-state index < -0.39 is 26.0 Å². The zero-order chi connectivity index (χ0) is 10.8. The average molecular weight is 222 g/mol. The van der Waals surface area contributed by atoms with Gasteiger partial charge in [-0.25, -0.2) is 4.57 Å². The second-order valence-corrected chi connectivity index (χ2v) is 4.23. The fourth-order valence-electron chi connectivity index (χ4n) is 1.35. The molecule has 0 aromatic heterocycles. The monoisotopic (exact) mass is 222 g/mol. The summed E-state index contributed by atoms with van der Waals surface area (Å²) < 4.78 is 25.0. The van der Waals surface area contributed by atoms with Crippen LogP contribution in [0.4, 0.5) is 0 Å². The van der Waals surface area contributed by atoms with Crippen LogP contribution in [-0.2, 0) is 18.6 Å². The zero-order valence-corrected chi connectivity index (χ0v) is 8.59. The molecular formula is C6H12BO6P. The standard InChI is InChI=1S/C6H12BO6P/c1-11-3-5-4(2-6(7)12-5)13-14(8,9)10/h4-6H,2-3H2,1H3,(H2,8,9,10)/t4?,5-,6-/m1/s1. The van der Waals surface area contributed by atoms with Gasteiger partial charge < -0.3 is 19.3 Å². The zero-order valence-electron chi connectivity index (χ0n) is 7.70. The second kappa shape index (κ2) is 4.74. The topological polar surface area (TPSA) is 85.2 Å². The first-order valence-electron chi connectivity index (χ1n) is 4.06. The number of phosphoric ester groups is 1. The van der Waals surface area contributed by atoms with Crippen molar-refractivity contribution in [2.45, 2.75) is 24.6 Å². The Hall–Kier alpha value is 0.0949. The van der Waals surface area contributed by atoms with E-state index in [0.29, 0.717) is 0 Å². The van der Waals surface area contributed by atoms with E-state index in [9.17, 15) is 4.57 Å². The lowest BCUT2D eigenvalue weighted by Crippen LogP contribution is -2.28. The van der Waals surface area contributed by atoms with Gasteiger partial charge in [0.1, 0.15) is 14.0 Å². The van der Waals surface area contributed by atoms with Crippen molar-refractivity contribution in [1.29, 1.82) is 0 Å². The number of hydrogen-bond donors (Lipinski definition) is 2. The first-order chi connectivity index (χ1) is 6.42. The fourth-order valence-corrected chi connectivity index (χ4v) is 1.92. The Bertz CT molecular complexity index is 230. The van der Waals surface area contributed by atoms with Crippen LogP contribution in [0.1, 0.15) is 6.42 Å². The molecule has 0 aliphatic carbocycles. The Labute approximate surface area is 83.2 Å². The summed E-state index contributed by atoms with van der Waals surface area (Å²) >= 11 is 0. The van der Waals surface area contributed by atoms with Crippen LogP contribution in [0.25, 0.3) is 0 Å². The molecule has 1 saturated heterocycles. The number of ether oxygens (including phenoxy) is 2. The van der Waals surface area contributed by atoms with Crippen LogP contribution in [0.2, 0.25) is 0 Å². The van der Waals surface area contributed by atoms with Crippen molar-refractivity contribution in [3.63, 3.8) is 0 Å². The molecule has 0 amide bonds. The molecule has 0 spiro atoms. The third-order valence-electron chi connectivity index (χ3n) is 1.83. The van der Waals surface area contributed by atoms with Crippen LogP contribution < -0.4 is 0 Å². The van der Waals surface area contributed by atoms with Crippen molar-refractivity contribution in [2.24, 2.45) is 0 Å². The predicted molar refractivity (Wildman–Crippen MR) is 47.8 cm³/mol. The average Bonchev–Trinajstić information content (AvgIpc) is 2.28. The van der Waals surface area contributed by atoms with E-state index in [-0.39, 0.29) is 13.0 Å². The van der Waals surface area contributed by atoms with Crippen LogP contribution in [0, 0.1) is 0 Å². The molecule has 6 nitrogen and oxygen atoms in total. The van der Waals surface area contributed by atoms with Crippen LogP contribution in [0.5, 0.6) is 0 Å². The van der Waals surface area contributed by atoms with Crippen molar-refractivity contribution >= 4 is 15.7 Å². The van der Waals surface area contributed by atoms with Crippen LogP contribution in [0.3, 0.4) is 0 Å². The molecule has 14 heavy (non-hydrogen) atoms. The van der Waals surface area contributed by atoms with Gasteiger partial charge in [0, 0.05) is 13.1 Å². The van der Waals surface area contributed by atoms with Gasteiger partial charge in [-0.05, 0) is 6.42 Å². The van der Waals surface area contributed by atoms with Crippen molar-refractivity contribution in [3.8, 4) is 0 Å². The third kappa shape index (κ3) is 3.69. The minimum atomic E-state index is -4.49. The molecule has 0 aromatic carbocycles. The fraction of sp³-hybridized carbons (Fsp3) is 1.00. The van der Waals surface area contributed by atoms with E-state index in [2.05, 4.69) is 4.52 Å². The van der Waals surface area contributed by atoms with Crippen molar-refractivity contribution < 1.29 is 28.3 Å². The minimum Gasteiger partial charge on any atom is -0.382 e. The Morgan fingerprint density at radius 1 is 1.64 bits per heavy atom. The van der Waals surface area contributed by atoms with Gasteiger partial charge >= 0.3 is 7.82 Å². The van der Waals surface area contributed by atoms with Gasteiger partial charge in [-0.3, -0.25) is 4.52 Å². The lowest BCUT2D eigenvalue weighted by atomic mass is 9.96. The highest BCUT2D eigenvalue weighted by Crippen LogP contribution is 2.41. The Morgan fingerprint density at radius 2 is 2.29 bits per heavy atom. The molecule has 0 saturated carbocycles. The molecule has 1 aliphatic heterocycles. The molecule has 3 atom stereocenters. The maximum absolute atomic E-state index is 10.6. The van der Waals surface area contributed by atoms with Crippen molar-refractivity contribution in [3.05, 3.63) is 0 Å². The first-order valence-corrected chi connectivity index (χ1v) is 5.59. The van der Waals surface area contributed by atoms with Gasteiger partial charge in [-0.1, -0.05) is 0 Å². The van der Waals surface area contributed by atoms with E-state index in [1.54, 1.807) is 0 Å². The second-order valence-electron chi connectivity index (χ2n) is 3.04. The largest absolute Gasteiger partial charge is 0.469 e. The minimum absolute atomic E-state index is 0.193.